The maximum atomic E-state index is 14.0. The van der Waals surface area contributed by atoms with Gasteiger partial charge in [-0.15, -0.1) is 0 Å². The van der Waals surface area contributed by atoms with Crippen molar-refractivity contribution in [2.75, 3.05) is 14.2 Å². The maximum Gasteiger partial charge on any atom is 0.320 e. The third-order valence-electron chi connectivity index (χ3n) is 4.64. The largest absolute Gasteiger partial charge is 0.468 e. The van der Waals surface area contributed by atoms with E-state index in [1.165, 1.54) is 32.0 Å². The number of amides is 3. The monoisotopic (exact) mass is 439 g/mol. The molecule has 0 aromatic heterocycles. The van der Waals surface area contributed by atoms with Gasteiger partial charge in [0.1, 0.15) is 17.9 Å². The lowest BCUT2D eigenvalue weighted by Gasteiger charge is -2.28. The molecule has 0 saturated heterocycles. The summed E-state index contributed by atoms with van der Waals surface area (Å²) in [5.74, 6) is -7.70. The predicted octanol–water partition coefficient (Wildman–Crippen LogP) is -0.559. The maximum absolute atomic E-state index is 14.0. The van der Waals surface area contributed by atoms with Crippen molar-refractivity contribution < 1.29 is 37.8 Å². The minimum Gasteiger partial charge on any atom is -0.468 e. The Kier molecular flexibility index (Phi) is 9.58. The van der Waals surface area contributed by atoms with E-state index in [4.69, 9.17) is 5.73 Å². The van der Waals surface area contributed by atoms with Crippen molar-refractivity contribution in [3.8, 4) is 0 Å². The zero-order valence-electron chi connectivity index (χ0n) is 17.6. The second-order valence-corrected chi connectivity index (χ2v) is 6.82. The summed E-state index contributed by atoms with van der Waals surface area (Å²) in [6.07, 6.45) is -0.213. The molecular formula is C20H26FN3O7. The molecule has 1 aromatic rings. The lowest BCUT2D eigenvalue weighted by molar-refractivity contribution is -0.162. The fraction of sp³-hybridized carbons (Fsp3) is 0.450. The number of nitrogens with one attached hydrogen (secondary N) is 2. The van der Waals surface area contributed by atoms with Gasteiger partial charge in [0.15, 0.2) is 5.92 Å². The van der Waals surface area contributed by atoms with Gasteiger partial charge in [-0.3, -0.25) is 24.0 Å². The van der Waals surface area contributed by atoms with Crippen LogP contribution in [-0.2, 0) is 39.9 Å². The Morgan fingerprint density at radius 2 is 1.58 bits per heavy atom. The molecule has 1 rings (SSSR count). The third kappa shape index (κ3) is 7.05. The van der Waals surface area contributed by atoms with Crippen LogP contribution in [0.3, 0.4) is 0 Å². The highest BCUT2D eigenvalue weighted by atomic mass is 19.1. The number of benzene rings is 1. The van der Waals surface area contributed by atoms with Crippen LogP contribution in [0.5, 0.6) is 0 Å². The van der Waals surface area contributed by atoms with E-state index in [0.717, 1.165) is 14.2 Å². The smallest absolute Gasteiger partial charge is 0.320 e. The number of nitrogens with two attached hydrogens (primary N) is 1. The Bertz CT molecular complexity index is 830. The molecule has 4 N–H and O–H groups in total. The lowest BCUT2D eigenvalue weighted by Crippen LogP contribution is -2.57. The molecule has 10 nitrogen and oxygen atoms in total. The molecular weight excluding hydrogens is 413 g/mol. The van der Waals surface area contributed by atoms with E-state index < -0.39 is 59.4 Å². The van der Waals surface area contributed by atoms with Crippen molar-refractivity contribution in [3.05, 3.63) is 35.6 Å². The molecule has 3 atom stereocenters. The van der Waals surface area contributed by atoms with Gasteiger partial charge in [0.05, 0.1) is 14.2 Å². The molecule has 0 aliphatic heterocycles. The number of primary amides is 1. The zero-order valence-corrected chi connectivity index (χ0v) is 17.6. The van der Waals surface area contributed by atoms with Crippen LogP contribution in [0.4, 0.5) is 4.39 Å². The Balaban J connectivity index is 3.16. The van der Waals surface area contributed by atoms with Crippen molar-refractivity contribution in [2.45, 2.75) is 32.4 Å². The number of methoxy groups -OCH3 is 2. The van der Waals surface area contributed by atoms with Crippen molar-refractivity contribution >= 4 is 29.7 Å². The minimum absolute atomic E-state index is 0.155. The Morgan fingerprint density at radius 3 is 2.03 bits per heavy atom. The molecule has 0 unspecified atom stereocenters. The van der Waals surface area contributed by atoms with Crippen LogP contribution in [0, 0.1) is 17.7 Å². The second kappa shape index (κ2) is 11.6. The molecule has 11 heteroatoms. The fourth-order valence-electron chi connectivity index (χ4n) is 3.03. The van der Waals surface area contributed by atoms with Crippen LogP contribution < -0.4 is 16.4 Å². The predicted molar refractivity (Wildman–Crippen MR) is 106 cm³/mol. The van der Waals surface area contributed by atoms with E-state index in [-0.39, 0.29) is 12.0 Å². The number of esters is 2. The van der Waals surface area contributed by atoms with E-state index in [1.807, 2.05) is 0 Å². The number of hydrogen-bond donors (Lipinski definition) is 3. The molecule has 0 bridgehead atoms. The average molecular weight is 439 g/mol. The number of ether oxygens (including phenoxy) is 2. The van der Waals surface area contributed by atoms with Gasteiger partial charge in [-0.2, -0.15) is 0 Å². The molecule has 0 aliphatic rings. The third-order valence-corrected chi connectivity index (χ3v) is 4.64. The van der Waals surface area contributed by atoms with Crippen LogP contribution in [0.25, 0.3) is 0 Å². The molecule has 0 saturated carbocycles. The first-order chi connectivity index (χ1) is 14.5. The van der Waals surface area contributed by atoms with Gasteiger partial charge in [-0.05, 0) is 11.6 Å². The van der Waals surface area contributed by atoms with Gasteiger partial charge >= 0.3 is 11.9 Å². The molecule has 0 aliphatic carbocycles. The van der Waals surface area contributed by atoms with E-state index in [1.54, 1.807) is 6.07 Å². The highest BCUT2D eigenvalue weighted by molar-refractivity contribution is 5.97. The molecule has 31 heavy (non-hydrogen) atoms. The average Bonchev–Trinajstić information content (AvgIpc) is 2.71. The SMILES string of the molecule is COC(=O)C(C(=O)OC)[C@H](C)[C@@H](NC(=O)[C@H](Cc1ccccc1F)NC(C)=O)C(N)=O. The number of hydrogen-bond acceptors (Lipinski definition) is 7. The van der Waals surface area contributed by atoms with Gasteiger partial charge in [0.25, 0.3) is 0 Å². The van der Waals surface area contributed by atoms with Gasteiger partial charge in [0.2, 0.25) is 17.7 Å². The molecule has 170 valence electrons. The quantitative estimate of drug-likeness (QED) is 0.326. The van der Waals surface area contributed by atoms with E-state index in [2.05, 4.69) is 20.1 Å². The summed E-state index contributed by atoms with van der Waals surface area (Å²) in [7, 11) is 2.09. The number of carbonyl (C=O) groups excluding carboxylic acids is 5. The summed E-state index contributed by atoms with van der Waals surface area (Å²) in [6, 6.07) is 2.93. The Hall–Kier alpha value is -3.50. The molecule has 0 fully saturated rings. The zero-order chi connectivity index (χ0) is 23.7. The lowest BCUT2D eigenvalue weighted by atomic mass is 9.86. The summed E-state index contributed by atoms with van der Waals surface area (Å²) in [6.45, 7) is 2.50. The molecule has 0 heterocycles. The second-order valence-electron chi connectivity index (χ2n) is 6.82. The molecule has 3 amide bonds. The van der Waals surface area contributed by atoms with Crippen LogP contribution in [-0.4, -0.2) is 56.0 Å². The number of halogens is 1. The van der Waals surface area contributed by atoms with Crippen molar-refractivity contribution in [1.82, 2.24) is 10.6 Å². The standard InChI is InChI=1S/C20H26FN3O7/c1-10(15(19(28)30-3)20(29)31-4)16(17(22)26)24-18(27)14(23-11(2)25)9-12-7-5-6-8-13(12)21/h5-8,10,14-16H,9H2,1-4H3,(H2,22,26)(H,23,25)(H,24,27)/t10-,14-,16+/m0/s1. The van der Waals surface area contributed by atoms with Gasteiger partial charge in [0, 0.05) is 19.3 Å². The first-order valence-electron chi connectivity index (χ1n) is 9.29. The summed E-state index contributed by atoms with van der Waals surface area (Å²) in [4.78, 5) is 60.5. The van der Waals surface area contributed by atoms with E-state index in [9.17, 15) is 28.4 Å². The first-order valence-corrected chi connectivity index (χ1v) is 9.29. The summed E-state index contributed by atoms with van der Waals surface area (Å²) in [5.41, 5.74) is 5.53. The van der Waals surface area contributed by atoms with Crippen LogP contribution in [0.1, 0.15) is 19.4 Å². The van der Waals surface area contributed by atoms with Gasteiger partial charge in [-0.1, -0.05) is 25.1 Å². The summed E-state index contributed by atoms with van der Waals surface area (Å²) < 4.78 is 23.2. The number of rotatable bonds is 10. The molecule has 0 spiro atoms. The first kappa shape index (κ1) is 25.5. The van der Waals surface area contributed by atoms with E-state index >= 15 is 0 Å². The fourth-order valence-corrected chi connectivity index (χ4v) is 3.03. The normalized spacial score (nSPS) is 13.5. The minimum atomic E-state index is -1.54. The summed E-state index contributed by atoms with van der Waals surface area (Å²) in [5, 5.41) is 4.72. The highest BCUT2D eigenvalue weighted by Gasteiger charge is 2.42. The molecule has 0 radical (unpaired) electrons. The van der Waals surface area contributed by atoms with Crippen molar-refractivity contribution in [3.63, 3.8) is 0 Å². The van der Waals surface area contributed by atoms with E-state index in [0.29, 0.717) is 0 Å². The van der Waals surface area contributed by atoms with Crippen LogP contribution >= 0.6 is 0 Å². The molecule has 1 aromatic carbocycles. The van der Waals surface area contributed by atoms with Crippen molar-refractivity contribution in [2.24, 2.45) is 17.6 Å². The Labute approximate surface area is 178 Å². The van der Waals surface area contributed by atoms with Gasteiger partial charge < -0.3 is 25.8 Å². The van der Waals surface area contributed by atoms with Crippen molar-refractivity contribution in [1.29, 1.82) is 0 Å². The topological polar surface area (TPSA) is 154 Å². The Morgan fingerprint density at radius 1 is 1.03 bits per heavy atom. The highest BCUT2D eigenvalue weighted by Crippen LogP contribution is 2.20. The van der Waals surface area contributed by atoms with Gasteiger partial charge in [-0.25, -0.2) is 4.39 Å². The summed E-state index contributed by atoms with van der Waals surface area (Å²) >= 11 is 0. The van der Waals surface area contributed by atoms with Crippen LogP contribution in [0.15, 0.2) is 24.3 Å². The number of carbonyl (C=O) groups is 5. The van der Waals surface area contributed by atoms with Crippen LogP contribution in [0.2, 0.25) is 0 Å².